The lowest BCUT2D eigenvalue weighted by Gasteiger charge is -2.17. The van der Waals surface area contributed by atoms with Crippen LogP contribution in [0.3, 0.4) is 0 Å². The third-order valence-electron chi connectivity index (χ3n) is 4.16. The summed E-state index contributed by atoms with van der Waals surface area (Å²) in [6.45, 7) is 0. The van der Waals surface area contributed by atoms with E-state index in [9.17, 15) is 0 Å². The molecule has 0 aliphatic rings. The zero-order chi connectivity index (χ0) is 14.9. The standard InChI is InChI=1S/C21H15Cl/c22-21(15-8-2-1-3-9-15)20-18-12-6-4-10-16(18)14-17-11-5-7-13-19(17)20/h1-14,21H. The number of benzene rings is 4. The Morgan fingerprint density at radius 1 is 0.591 bits per heavy atom. The Bertz CT molecular complexity index is 887. The summed E-state index contributed by atoms with van der Waals surface area (Å²) in [6.07, 6.45) is 0. The van der Waals surface area contributed by atoms with Gasteiger partial charge in [0.1, 0.15) is 0 Å². The molecule has 4 rings (SSSR count). The molecule has 1 unspecified atom stereocenters. The largest absolute Gasteiger partial charge is 0.113 e. The van der Waals surface area contributed by atoms with Gasteiger partial charge in [-0.2, -0.15) is 0 Å². The molecule has 22 heavy (non-hydrogen) atoms. The van der Waals surface area contributed by atoms with Gasteiger partial charge in [-0.3, -0.25) is 0 Å². The van der Waals surface area contributed by atoms with E-state index in [0.29, 0.717) is 0 Å². The molecule has 0 saturated heterocycles. The minimum atomic E-state index is -0.155. The van der Waals surface area contributed by atoms with Gasteiger partial charge >= 0.3 is 0 Å². The summed E-state index contributed by atoms with van der Waals surface area (Å²) in [5.41, 5.74) is 2.33. The highest BCUT2D eigenvalue weighted by atomic mass is 35.5. The van der Waals surface area contributed by atoms with Crippen LogP contribution in [0.5, 0.6) is 0 Å². The Labute approximate surface area is 135 Å². The van der Waals surface area contributed by atoms with Crippen molar-refractivity contribution < 1.29 is 0 Å². The minimum Gasteiger partial charge on any atom is -0.113 e. The van der Waals surface area contributed by atoms with Crippen molar-refractivity contribution in [3.8, 4) is 0 Å². The Balaban J connectivity index is 2.08. The normalized spacial score (nSPS) is 12.6. The molecule has 0 saturated carbocycles. The number of hydrogen-bond acceptors (Lipinski definition) is 0. The van der Waals surface area contributed by atoms with Gasteiger partial charge in [-0.1, -0.05) is 78.9 Å². The summed E-state index contributed by atoms with van der Waals surface area (Å²) in [4.78, 5) is 0. The smallest absolute Gasteiger partial charge is 0.0847 e. The number of hydrogen-bond donors (Lipinski definition) is 0. The second-order valence-electron chi connectivity index (χ2n) is 5.51. The van der Waals surface area contributed by atoms with Gasteiger partial charge in [0.2, 0.25) is 0 Å². The molecule has 0 radical (unpaired) electrons. The van der Waals surface area contributed by atoms with E-state index < -0.39 is 0 Å². The molecule has 4 aromatic carbocycles. The molecule has 1 atom stereocenters. The van der Waals surface area contributed by atoms with Gasteiger partial charge in [0.25, 0.3) is 0 Å². The minimum absolute atomic E-state index is 0.155. The second-order valence-corrected chi connectivity index (χ2v) is 5.94. The van der Waals surface area contributed by atoms with Crippen LogP contribution in [0.25, 0.3) is 21.5 Å². The third-order valence-corrected chi connectivity index (χ3v) is 4.63. The molecule has 0 amide bonds. The number of rotatable bonds is 2. The molecule has 0 heterocycles. The molecule has 0 bridgehead atoms. The van der Waals surface area contributed by atoms with Gasteiger partial charge in [0, 0.05) is 0 Å². The fraction of sp³-hybridized carbons (Fsp3) is 0.0476. The van der Waals surface area contributed by atoms with Crippen LogP contribution in [0.4, 0.5) is 0 Å². The maximum absolute atomic E-state index is 6.89. The van der Waals surface area contributed by atoms with Crippen LogP contribution >= 0.6 is 11.6 Å². The van der Waals surface area contributed by atoms with Crippen LogP contribution in [-0.2, 0) is 0 Å². The highest BCUT2D eigenvalue weighted by Crippen LogP contribution is 2.39. The Hall–Kier alpha value is -2.31. The molecule has 0 aliphatic carbocycles. The van der Waals surface area contributed by atoms with Crippen LogP contribution < -0.4 is 0 Å². The molecule has 106 valence electrons. The number of alkyl halides is 1. The van der Waals surface area contributed by atoms with Gasteiger partial charge in [-0.25, -0.2) is 0 Å². The van der Waals surface area contributed by atoms with Crippen LogP contribution in [0.2, 0.25) is 0 Å². The van der Waals surface area contributed by atoms with Crippen molar-refractivity contribution in [3.63, 3.8) is 0 Å². The third kappa shape index (κ3) is 2.17. The molecule has 0 nitrogen and oxygen atoms in total. The van der Waals surface area contributed by atoms with E-state index in [2.05, 4.69) is 66.7 Å². The topological polar surface area (TPSA) is 0 Å². The SMILES string of the molecule is ClC(c1ccccc1)c1c2ccccc2cc2ccccc12. The first-order chi connectivity index (χ1) is 10.8. The summed E-state index contributed by atoms with van der Waals surface area (Å²) in [5, 5.41) is 4.77. The monoisotopic (exact) mass is 302 g/mol. The van der Waals surface area contributed by atoms with Crippen molar-refractivity contribution in [1.82, 2.24) is 0 Å². The molecule has 4 aromatic rings. The predicted octanol–water partition coefficient (Wildman–Crippen LogP) is 6.32. The lowest BCUT2D eigenvalue weighted by atomic mass is 9.92. The lowest BCUT2D eigenvalue weighted by molar-refractivity contribution is 1.18. The van der Waals surface area contributed by atoms with E-state index in [0.717, 1.165) is 5.56 Å². The van der Waals surface area contributed by atoms with E-state index >= 15 is 0 Å². The summed E-state index contributed by atoms with van der Waals surface area (Å²) in [6, 6.07) is 29.5. The van der Waals surface area contributed by atoms with Crippen LogP contribution in [0, 0.1) is 0 Å². The second kappa shape index (κ2) is 5.47. The molecule has 0 aromatic heterocycles. The average Bonchev–Trinajstić information content (AvgIpc) is 2.60. The number of fused-ring (bicyclic) bond motifs is 2. The maximum Gasteiger partial charge on any atom is 0.0847 e. The summed E-state index contributed by atoms with van der Waals surface area (Å²) < 4.78 is 0. The van der Waals surface area contributed by atoms with Crippen molar-refractivity contribution in [2.75, 3.05) is 0 Å². The summed E-state index contributed by atoms with van der Waals surface area (Å²) in [5.74, 6) is 0. The Morgan fingerprint density at radius 3 is 1.68 bits per heavy atom. The van der Waals surface area contributed by atoms with E-state index in [1.54, 1.807) is 0 Å². The zero-order valence-corrected chi connectivity index (χ0v) is 12.8. The summed E-state index contributed by atoms with van der Waals surface area (Å²) in [7, 11) is 0. The first-order valence-electron chi connectivity index (χ1n) is 7.44. The van der Waals surface area contributed by atoms with Crippen molar-refractivity contribution in [2.45, 2.75) is 5.38 Å². The molecule has 1 heteroatoms. The van der Waals surface area contributed by atoms with Crippen LogP contribution in [0.15, 0.2) is 84.9 Å². The van der Waals surface area contributed by atoms with Gasteiger partial charge < -0.3 is 0 Å². The lowest BCUT2D eigenvalue weighted by Crippen LogP contribution is -1.96. The Kier molecular flexibility index (Phi) is 3.32. The van der Waals surface area contributed by atoms with E-state index in [-0.39, 0.29) is 5.38 Å². The van der Waals surface area contributed by atoms with Crippen LogP contribution in [0.1, 0.15) is 16.5 Å². The first kappa shape index (κ1) is 13.4. The van der Waals surface area contributed by atoms with E-state index in [1.165, 1.54) is 27.1 Å². The highest BCUT2D eigenvalue weighted by molar-refractivity contribution is 6.25. The molecular weight excluding hydrogens is 288 g/mol. The average molecular weight is 303 g/mol. The summed E-state index contributed by atoms with van der Waals surface area (Å²) >= 11 is 6.89. The Morgan fingerprint density at radius 2 is 1.09 bits per heavy atom. The quantitative estimate of drug-likeness (QED) is 0.300. The molecular formula is C21H15Cl. The maximum atomic E-state index is 6.89. The molecule has 0 N–H and O–H groups in total. The van der Waals surface area contributed by atoms with E-state index in [1.807, 2.05) is 18.2 Å². The van der Waals surface area contributed by atoms with Crippen molar-refractivity contribution in [3.05, 3.63) is 96.1 Å². The highest BCUT2D eigenvalue weighted by Gasteiger charge is 2.17. The van der Waals surface area contributed by atoms with Gasteiger partial charge in [0.15, 0.2) is 0 Å². The molecule has 0 spiro atoms. The fourth-order valence-corrected chi connectivity index (χ4v) is 3.49. The van der Waals surface area contributed by atoms with Crippen molar-refractivity contribution in [1.29, 1.82) is 0 Å². The van der Waals surface area contributed by atoms with Gasteiger partial charge in [-0.05, 0) is 38.7 Å². The number of halogens is 1. The van der Waals surface area contributed by atoms with E-state index in [4.69, 9.17) is 11.6 Å². The molecule has 0 aliphatic heterocycles. The van der Waals surface area contributed by atoms with Gasteiger partial charge in [-0.15, -0.1) is 11.6 Å². The van der Waals surface area contributed by atoms with Crippen LogP contribution in [-0.4, -0.2) is 0 Å². The first-order valence-corrected chi connectivity index (χ1v) is 7.87. The van der Waals surface area contributed by atoms with Gasteiger partial charge in [0.05, 0.1) is 5.38 Å². The predicted molar refractivity (Wildman–Crippen MR) is 95.6 cm³/mol. The fourth-order valence-electron chi connectivity index (χ4n) is 3.11. The van der Waals surface area contributed by atoms with Crippen molar-refractivity contribution in [2.24, 2.45) is 0 Å². The zero-order valence-electron chi connectivity index (χ0n) is 12.0. The molecule has 0 fully saturated rings. The van der Waals surface area contributed by atoms with Crippen molar-refractivity contribution >= 4 is 33.1 Å².